The van der Waals surface area contributed by atoms with E-state index < -0.39 is 11.9 Å². The van der Waals surface area contributed by atoms with E-state index in [-0.39, 0.29) is 24.7 Å². The van der Waals surface area contributed by atoms with Gasteiger partial charge in [0.05, 0.1) is 12.5 Å². The maximum atomic E-state index is 11.6. The SMILES string of the molecule is CC(=O)CCCCCCCCCCCCCCCCC(CCC(=O)NCC(C)=O)C(=O)O. The van der Waals surface area contributed by atoms with Gasteiger partial charge in [-0.3, -0.25) is 14.4 Å². The average molecular weight is 454 g/mol. The van der Waals surface area contributed by atoms with Crippen molar-refractivity contribution in [2.24, 2.45) is 5.92 Å². The minimum absolute atomic E-state index is 0.0136. The number of carboxylic acid groups (broad SMARTS) is 1. The van der Waals surface area contributed by atoms with Gasteiger partial charge in [-0.2, -0.15) is 0 Å². The molecule has 1 atom stereocenters. The molecule has 0 aliphatic heterocycles. The number of hydrogen-bond acceptors (Lipinski definition) is 4. The average Bonchev–Trinajstić information content (AvgIpc) is 2.73. The summed E-state index contributed by atoms with van der Waals surface area (Å²) in [5.41, 5.74) is 0. The van der Waals surface area contributed by atoms with E-state index in [1.54, 1.807) is 6.92 Å². The summed E-state index contributed by atoms with van der Waals surface area (Å²) in [6.45, 7) is 3.09. The smallest absolute Gasteiger partial charge is 0.306 e. The van der Waals surface area contributed by atoms with Crippen LogP contribution in [0.1, 0.15) is 129 Å². The van der Waals surface area contributed by atoms with Gasteiger partial charge in [0.15, 0.2) is 0 Å². The van der Waals surface area contributed by atoms with E-state index in [9.17, 15) is 24.3 Å². The highest BCUT2D eigenvalue weighted by molar-refractivity contribution is 5.84. The van der Waals surface area contributed by atoms with E-state index in [4.69, 9.17) is 0 Å². The Balaban J connectivity index is 3.49. The number of aliphatic carboxylic acids is 1. The molecular weight excluding hydrogens is 406 g/mol. The van der Waals surface area contributed by atoms with Gasteiger partial charge in [0.25, 0.3) is 0 Å². The molecule has 6 nitrogen and oxygen atoms in total. The second-order valence-electron chi connectivity index (χ2n) is 9.24. The summed E-state index contributed by atoms with van der Waals surface area (Å²) >= 11 is 0. The first-order valence-corrected chi connectivity index (χ1v) is 12.8. The minimum atomic E-state index is -0.833. The largest absolute Gasteiger partial charge is 0.481 e. The van der Waals surface area contributed by atoms with Crippen LogP contribution in [0.3, 0.4) is 0 Å². The molecule has 32 heavy (non-hydrogen) atoms. The van der Waals surface area contributed by atoms with Gasteiger partial charge < -0.3 is 15.2 Å². The van der Waals surface area contributed by atoms with Crippen LogP contribution < -0.4 is 5.32 Å². The summed E-state index contributed by atoms with van der Waals surface area (Å²) in [6.07, 6.45) is 18.7. The molecule has 0 aliphatic carbocycles. The van der Waals surface area contributed by atoms with Crippen molar-refractivity contribution in [3.63, 3.8) is 0 Å². The first-order chi connectivity index (χ1) is 15.3. The monoisotopic (exact) mass is 453 g/mol. The molecule has 0 spiro atoms. The van der Waals surface area contributed by atoms with Crippen molar-refractivity contribution in [2.75, 3.05) is 6.54 Å². The van der Waals surface area contributed by atoms with E-state index >= 15 is 0 Å². The summed E-state index contributed by atoms with van der Waals surface area (Å²) in [6, 6.07) is 0. The van der Waals surface area contributed by atoms with Crippen molar-refractivity contribution in [2.45, 2.75) is 129 Å². The summed E-state index contributed by atoms with van der Waals surface area (Å²) in [4.78, 5) is 44.8. The Morgan fingerprint density at radius 1 is 0.594 bits per heavy atom. The number of hydrogen-bond donors (Lipinski definition) is 2. The molecule has 0 radical (unpaired) electrons. The van der Waals surface area contributed by atoms with Gasteiger partial charge in [0.1, 0.15) is 11.6 Å². The highest BCUT2D eigenvalue weighted by Crippen LogP contribution is 2.18. The molecule has 2 N–H and O–H groups in total. The first kappa shape index (κ1) is 30.3. The van der Waals surface area contributed by atoms with Gasteiger partial charge in [-0.05, 0) is 33.1 Å². The van der Waals surface area contributed by atoms with Crippen LogP contribution in [0.25, 0.3) is 0 Å². The molecule has 0 saturated heterocycles. The molecule has 0 aromatic carbocycles. The van der Waals surface area contributed by atoms with Crippen LogP contribution in [-0.4, -0.2) is 35.1 Å². The predicted molar refractivity (Wildman–Crippen MR) is 129 cm³/mol. The topological polar surface area (TPSA) is 101 Å². The molecule has 6 heteroatoms. The third kappa shape index (κ3) is 21.5. The summed E-state index contributed by atoms with van der Waals surface area (Å²) in [5.74, 6) is -1.37. The Bertz CT molecular complexity index is 532. The molecule has 0 saturated carbocycles. The molecule has 0 bridgehead atoms. The Kier molecular flexibility index (Phi) is 20.0. The van der Waals surface area contributed by atoms with E-state index in [0.29, 0.717) is 18.6 Å². The van der Waals surface area contributed by atoms with E-state index in [1.807, 2.05) is 0 Å². The van der Waals surface area contributed by atoms with Gasteiger partial charge in [-0.15, -0.1) is 0 Å². The van der Waals surface area contributed by atoms with Crippen LogP contribution in [0.5, 0.6) is 0 Å². The van der Waals surface area contributed by atoms with Gasteiger partial charge in [-0.1, -0.05) is 83.5 Å². The number of ketones is 2. The lowest BCUT2D eigenvalue weighted by Gasteiger charge is -2.12. The maximum Gasteiger partial charge on any atom is 0.306 e. The minimum Gasteiger partial charge on any atom is -0.481 e. The third-order valence-electron chi connectivity index (χ3n) is 5.94. The van der Waals surface area contributed by atoms with E-state index in [2.05, 4.69) is 5.32 Å². The van der Waals surface area contributed by atoms with E-state index in [1.165, 1.54) is 71.1 Å². The number of nitrogens with one attached hydrogen (secondary N) is 1. The number of carboxylic acids is 1. The summed E-state index contributed by atoms with van der Waals surface area (Å²) < 4.78 is 0. The highest BCUT2D eigenvalue weighted by Gasteiger charge is 2.18. The van der Waals surface area contributed by atoms with Crippen LogP contribution in [-0.2, 0) is 19.2 Å². The number of rotatable bonds is 23. The Morgan fingerprint density at radius 2 is 1.03 bits per heavy atom. The van der Waals surface area contributed by atoms with Crippen molar-refractivity contribution in [1.29, 1.82) is 0 Å². The fourth-order valence-corrected chi connectivity index (χ4v) is 3.89. The molecule has 0 aliphatic rings. The van der Waals surface area contributed by atoms with Gasteiger partial charge >= 0.3 is 5.97 Å². The number of unbranched alkanes of at least 4 members (excludes halogenated alkanes) is 13. The fraction of sp³-hybridized carbons (Fsp3) is 0.846. The maximum absolute atomic E-state index is 11.6. The molecule has 1 unspecified atom stereocenters. The zero-order valence-corrected chi connectivity index (χ0v) is 20.6. The van der Waals surface area contributed by atoms with Crippen molar-refractivity contribution in [1.82, 2.24) is 5.32 Å². The quantitative estimate of drug-likeness (QED) is 0.185. The van der Waals surface area contributed by atoms with Crippen molar-refractivity contribution >= 4 is 23.4 Å². The van der Waals surface area contributed by atoms with E-state index in [0.717, 1.165) is 32.1 Å². The molecular formula is C26H47NO5. The first-order valence-electron chi connectivity index (χ1n) is 12.8. The Hall–Kier alpha value is -1.72. The summed E-state index contributed by atoms with van der Waals surface area (Å²) in [5, 5.41) is 11.9. The standard InChI is InChI=1S/C26H47NO5/c1-22(28)17-15-13-11-9-7-5-3-4-6-8-10-12-14-16-18-24(26(31)32)19-20-25(30)27-21-23(2)29/h24H,3-21H2,1-2H3,(H,27,30)(H,31,32). The molecule has 0 heterocycles. The molecule has 0 aromatic rings. The number of carbonyl (C=O) groups is 4. The second kappa shape index (κ2) is 21.1. The number of amides is 1. The second-order valence-corrected chi connectivity index (χ2v) is 9.24. The zero-order valence-electron chi connectivity index (χ0n) is 20.6. The van der Waals surface area contributed by atoms with Crippen LogP contribution in [0.4, 0.5) is 0 Å². The van der Waals surface area contributed by atoms with Crippen LogP contribution in [0.15, 0.2) is 0 Å². The van der Waals surface area contributed by atoms with Crippen LogP contribution in [0.2, 0.25) is 0 Å². The molecule has 0 aromatic heterocycles. The third-order valence-corrected chi connectivity index (χ3v) is 5.94. The predicted octanol–water partition coefficient (Wildman–Crippen LogP) is 6.00. The lowest BCUT2D eigenvalue weighted by atomic mass is 9.95. The summed E-state index contributed by atoms with van der Waals surface area (Å²) in [7, 11) is 0. The molecule has 1 amide bonds. The zero-order chi connectivity index (χ0) is 24.0. The van der Waals surface area contributed by atoms with Crippen LogP contribution >= 0.6 is 0 Å². The fourth-order valence-electron chi connectivity index (χ4n) is 3.89. The van der Waals surface area contributed by atoms with Crippen molar-refractivity contribution in [3.8, 4) is 0 Å². The van der Waals surface area contributed by atoms with Gasteiger partial charge in [-0.25, -0.2) is 0 Å². The Labute approximate surface area is 195 Å². The highest BCUT2D eigenvalue weighted by atomic mass is 16.4. The number of Topliss-reactive ketones (excluding diaryl/α,β-unsaturated/α-hetero) is 2. The van der Waals surface area contributed by atoms with Crippen molar-refractivity contribution < 1.29 is 24.3 Å². The molecule has 186 valence electrons. The van der Waals surface area contributed by atoms with Gasteiger partial charge in [0, 0.05) is 12.8 Å². The number of carbonyl (C=O) groups excluding carboxylic acids is 3. The lowest BCUT2D eigenvalue weighted by molar-refractivity contribution is -0.142. The molecule has 0 fully saturated rings. The molecule has 0 rings (SSSR count). The Morgan fingerprint density at radius 3 is 1.44 bits per heavy atom. The van der Waals surface area contributed by atoms with Gasteiger partial charge in [0.2, 0.25) is 5.91 Å². The van der Waals surface area contributed by atoms with Crippen molar-refractivity contribution in [3.05, 3.63) is 0 Å². The normalized spacial score (nSPS) is 11.8. The van der Waals surface area contributed by atoms with Crippen LogP contribution in [0, 0.1) is 5.92 Å². The lowest BCUT2D eigenvalue weighted by Crippen LogP contribution is -2.29.